The number of alkyl halides is 1. The molecule has 1 unspecified atom stereocenters. The highest BCUT2D eigenvalue weighted by atomic mass is 35.5. The summed E-state index contributed by atoms with van der Waals surface area (Å²) in [5, 5.41) is 8.64. The number of ether oxygens (including phenoxy) is 1. The minimum atomic E-state index is -0.164. The molecule has 0 aromatic heterocycles. The lowest BCUT2D eigenvalue weighted by Crippen LogP contribution is -2.25. The van der Waals surface area contributed by atoms with Crippen LogP contribution in [0.4, 0.5) is 5.69 Å². The maximum Gasteiger partial charge on any atom is 0.228 e. The molecule has 0 radical (unpaired) electrons. The molecule has 1 heterocycles. The Bertz CT molecular complexity index is 496. The predicted molar refractivity (Wildman–Crippen MR) is 64.3 cm³/mol. The molecule has 1 amide bonds. The second kappa shape index (κ2) is 4.64. The Hall–Kier alpha value is -1.73. The molecule has 1 fully saturated rings. The number of halogens is 1. The van der Waals surface area contributed by atoms with Gasteiger partial charge in [0, 0.05) is 19.0 Å². The van der Waals surface area contributed by atoms with E-state index < -0.39 is 0 Å². The summed E-state index contributed by atoms with van der Waals surface area (Å²) >= 11 is 5.95. The molecule has 1 aliphatic heterocycles. The summed E-state index contributed by atoms with van der Waals surface area (Å²) in [7, 11) is 1.51. The summed E-state index contributed by atoms with van der Waals surface area (Å²) < 4.78 is 5.20. The van der Waals surface area contributed by atoms with Gasteiger partial charge in [0.15, 0.2) is 0 Å². The number of benzene rings is 1. The number of hydrogen-bond donors (Lipinski definition) is 0. The molecular formula is C12H11ClN2O2. The van der Waals surface area contributed by atoms with Gasteiger partial charge in [0.05, 0.1) is 29.8 Å². The van der Waals surface area contributed by atoms with Gasteiger partial charge in [0.2, 0.25) is 5.91 Å². The van der Waals surface area contributed by atoms with Crippen LogP contribution in [0.2, 0.25) is 0 Å². The molecule has 2 rings (SSSR count). The Kier molecular flexibility index (Phi) is 3.21. The molecule has 5 heteroatoms. The van der Waals surface area contributed by atoms with Crippen LogP contribution in [0.15, 0.2) is 18.2 Å². The van der Waals surface area contributed by atoms with E-state index >= 15 is 0 Å². The molecule has 0 aliphatic carbocycles. The zero-order valence-corrected chi connectivity index (χ0v) is 10.1. The van der Waals surface area contributed by atoms with Gasteiger partial charge >= 0.3 is 0 Å². The van der Waals surface area contributed by atoms with Crippen LogP contribution in [0.1, 0.15) is 12.0 Å². The minimum absolute atomic E-state index is 0.0204. The molecular weight excluding hydrogens is 240 g/mol. The van der Waals surface area contributed by atoms with Gasteiger partial charge in [0.25, 0.3) is 0 Å². The minimum Gasteiger partial charge on any atom is -0.495 e. The predicted octanol–water partition coefficient (Wildman–Crippen LogP) is 1.91. The van der Waals surface area contributed by atoms with E-state index in [9.17, 15) is 4.79 Å². The summed E-state index contributed by atoms with van der Waals surface area (Å²) in [4.78, 5) is 13.3. The van der Waals surface area contributed by atoms with Gasteiger partial charge in [-0.3, -0.25) is 4.79 Å². The zero-order valence-electron chi connectivity index (χ0n) is 9.31. The number of rotatable bonds is 2. The quantitative estimate of drug-likeness (QED) is 0.754. The van der Waals surface area contributed by atoms with Gasteiger partial charge in [-0.2, -0.15) is 5.26 Å². The summed E-state index contributed by atoms with van der Waals surface area (Å²) in [6.07, 6.45) is 0.338. The average molecular weight is 251 g/mol. The summed E-state index contributed by atoms with van der Waals surface area (Å²) in [6.45, 7) is 0.475. The maximum atomic E-state index is 11.7. The van der Waals surface area contributed by atoms with E-state index in [0.717, 1.165) is 0 Å². The maximum absolute atomic E-state index is 11.7. The molecule has 88 valence electrons. The third kappa shape index (κ3) is 2.20. The van der Waals surface area contributed by atoms with Gasteiger partial charge in [-0.25, -0.2) is 0 Å². The van der Waals surface area contributed by atoms with Crippen molar-refractivity contribution in [3.05, 3.63) is 23.8 Å². The number of methoxy groups -OCH3 is 1. The van der Waals surface area contributed by atoms with E-state index in [1.807, 2.05) is 6.07 Å². The third-order valence-electron chi connectivity index (χ3n) is 2.68. The molecule has 0 spiro atoms. The van der Waals surface area contributed by atoms with Crippen LogP contribution in [0, 0.1) is 11.3 Å². The largest absolute Gasteiger partial charge is 0.495 e. The van der Waals surface area contributed by atoms with Crippen molar-refractivity contribution in [2.45, 2.75) is 11.8 Å². The second-order valence-electron chi connectivity index (χ2n) is 3.80. The van der Waals surface area contributed by atoms with Crippen molar-refractivity contribution in [3.8, 4) is 11.8 Å². The van der Waals surface area contributed by atoms with Crippen LogP contribution in [-0.4, -0.2) is 24.9 Å². The van der Waals surface area contributed by atoms with Crippen LogP contribution in [0.25, 0.3) is 0 Å². The number of carbonyl (C=O) groups excluding carboxylic acids is 1. The van der Waals surface area contributed by atoms with E-state index in [2.05, 4.69) is 0 Å². The second-order valence-corrected chi connectivity index (χ2v) is 4.42. The van der Waals surface area contributed by atoms with E-state index in [1.165, 1.54) is 7.11 Å². The highest BCUT2D eigenvalue weighted by Crippen LogP contribution is 2.33. The lowest BCUT2D eigenvalue weighted by Gasteiger charge is -2.19. The molecule has 1 aromatic carbocycles. The zero-order chi connectivity index (χ0) is 12.4. The Morgan fingerprint density at radius 2 is 2.35 bits per heavy atom. The first-order valence-electron chi connectivity index (χ1n) is 5.18. The lowest BCUT2D eigenvalue weighted by atomic mass is 10.2. The molecule has 1 atom stereocenters. The normalized spacial score (nSPS) is 19.2. The fourth-order valence-corrected chi connectivity index (χ4v) is 2.14. The number of hydrogen-bond acceptors (Lipinski definition) is 3. The SMILES string of the molecule is COc1cc(C#N)ccc1N1CC(Cl)CC1=O. The molecule has 17 heavy (non-hydrogen) atoms. The molecule has 1 aliphatic rings. The Morgan fingerprint density at radius 3 is 2.88 bits per heavy atom. The number of nitrogens with zero attached hydrogens (tertiary/aromatic N) is 2. The standard InChI is InChI=1S/C12H11ClN2O2/c1-17-11-4-8(6-14)2-3-10(11)15-7-9(13)5-12(15)16/h2-4,9H,5,7H2,1H3. The highest BCUT2D eigenvalue weighted by molar-refractivity contribution is 6.24. The van der Waals surface area contributed by atoms with Gasteiger partial charge in [-0.1, -0.05) is 0 Å². The topological polar surface area (TPSA) is 53.3 Å². The van der Waals surface area contributed by atoms with E-state index in [0.29, 0.717) is 30.0 Å². The van der Waals surface area contributed by atoms with Crippen molar-refractivity contribution in [3.63, 3.8) is 0 Å². The smallest absolute Gasteiger partial charge is 0.228 e. The first-order chi connectivity index (χ1) is 8.15. The van der Waals surface area contributed by atoms with Crippen molar-refractivity contribution in [2.24, 2.45) is 0 Å². The average Bonchev–Trinajstić information content (AvgIpc) is 2.67. The Morgan fingerprint density at radius 1 is 1.59 bits per heavy atom. The van der Waals surface area contributed by atoms with Crippen molar-refractivity contribution in [1.29, 1.82) is 5.26 Å². The summed E-state index contributed by atoms with van der Waals surface area (Å²) in [5.74, 6) is 0.496. The van der Waals surface area contributed by atoms with E-state index in [1.54, 1.807) is 23.1 Å². The van der Waals surface area contributed by atoms with Crippen molar-refractivity contribution < 1.29 is 9.53 Å². The van der Waals surface area contributed by atoms with Crippen molar-refractivity contribution >= 4 is 23.2 Å². The van der Waals surface area contributed by atoms with Crippen LogP contribution < -0.4 is 9.64 Å². The fourth-order valence-electron chi connectivity index (χ4n) is 1.87. The third-order valence-corrected chi connectivity index (χ3v) is 2.97. The molecule has 0 N–H and O–H groups in total. The van der Waals surface area contributed by atoms with Crippen molar-refractivity contribution in [2.75, 3.05) is 18.6 Å². The fraction of sp³-hybridized carbons (Fsp3) is 0.333. The van der Waals surface area contributed by atoms with E-state index in [4.69, 9.17) is 21.6 Å². The number of amides is 1. The Balaban J connectivity index is 2.39. The molecule has 0 saturated carbocycles. The lowest BCUT2D eigenvalue weighted by molar-refractivity contribution is -0.117. The summed E-state index contributed by atoms with van der Waals surface area (Å²) in [6, 6.07) is 7.02. The van der Waals surface area contributed by atoms with Crippen molar-refractivity contribution in [1.82, 2.24) is 0 Å². The molecule has 1 aromatic rings. The van der Waals surface area contributed by atoms with Crippen LogP contribution in [0.5, 0.6) is 5.75 Å². The van der Waals surface area contributed by atoms with Crippen LogP contribution in [0.3, 0.4) is 0 Å². The molecule has 0 bridgehead atoms. The van der Waals surface area contributed by atoms with Crippen LogP contribution in [-0.2, 0) is 4.79 Å². The molecule has 4 nitrogen and oxygen atoms in total. The number of nitriles is 1. The first kappa shape index (κ1) is 11.7. The Labute approximate surface area is 104 Å². The van der Waals surface area contributed by atoms with Gasteiger partial charge < -0.3 is 9.64 Å². The van der Waals surface area contributed by atoms with Gasteiger partial charge in [0.1, 0.15) is 5.75 Å². The first-order valence-corrected chi connectivity index (χ1v) is 5.62. The monoisotopic (exact) mass is 250 g/mol. The highest BCUT2D eigenvalue weighted by Gasteiger charge is 2.30. The van der Waals surface area contributed by atoms with Gasteiger partial charge in [-0.05, 0) is 12.1 Å². The number of carbonyl (C=O) groups is 1. The van der Waals surface area contributed by atoms with Gasteiger partial charge in [-0.15, -0.1) is 11.6 Å². The summed E-state index contributed by atoms with van der Waals surface area (Å²) in [5.41, 5.74) is 1.17. The number of anilines is 1. The molecule has 1 saturated heterocycles. The van der Waals surface area contributed by atoms with E-state index in [-0.39, 0.29) is 11.3 Å². The van der Waals surface area contributed by atoms with Crippen LogP contribution >= 0.6 is 11.6 Å².